The lowest BCUT2D eigenvalue weighted by atomic mass is 9.74. The standard InChI is InChI=1S/C43H35N3O/c1-26-24-25-30(28(3)40(26)31-15-12-17-33-41(31)47-39-23-11-6-16-32(39)43(33,4)5)29-14-13-22-35(27(29)2)45-37-20-9-10-21-38(37)46-36-19-8-7-18-34(36)44-42(45)46/h6-25H,1-5H3/i1D3,2D3,3D3,4D3,5D3. The lowest BCUT2D eigenvalue weighted by Gasteiger charge is -2.35. The lowest BCUT2D eigenvalue weighted by Crippen LogP contribution is -2.24. The molecule has 9 rings (SSSR count). The van der Waals surface area contributed by atoms with Gasteiger partial charge in [0.25, 0.3) is 0 Å². The van der Waals surface area contributed by atoms with Gasteiger partial charge in [-0.3, -0.25) is 8.97 Å². The highest BCUT2D eigenvalue weighted by atomic mass is 16.5. The van der Waals surface area contributed by atoms with Gasteiger partial charge < -0.3 is 4.74 Å². The van der Waals surface area contributed by atoms with Crippen LogP contribution in [0.3, 0.4) is 0 Å². The van der Waals surface area contributed by atoms with E-state index < -0.39 is 56.4 Å². The van der Waals surface area contributed by atoms with Crippen LogP contribution >= 0.6 is 0 Å². The summed E-state index contributed by atoms with van der Waals surface area (Å²) < 4.78 is 143. The van der Waals surface area contributed by atoms with E-state index in [0.29, 0.717) is 16.8 Å². The number of imidazole rings is 2. The fourth-order valence-electron chi connectivity index (χ4n) is 6.91. The van der Waals surface area contributed by atoms with Crippen LogP contribution in [0.25, 0.3) is 55.8 Å². The van der Waals surface area contributed by atoms with Gasteiger partial charge in [0.05, 0.1) is 27.8 Å². The minimum atomic E-state index is -3.24. The van der Waals surface area contributed by atoms with E-state index in [0.717, 1.165) is 11.0 Å². The molecule has 0 radical (unpaired) electrons. The summed E-state index contributed by atoms with van der Waals surface area (Å²) in [5, 5.41) is 0. The number of rotatable bonds is 3. The maximum absolute atomic E-state index is 9.05. The first kappa shape index (κ1) is 16.3. The predicted molar refractivity (Wildman–Crippen MR) is 193 cm³/mol. The first-order chi connectivity index (χ1) is 29.0. The van der Waals surface area contributed by atoms with Crippen molar-refractivity contribution in [2.24, 2.45) is 0 Å². The zero-order chi connectivity index (χ0) is 44.5. The molecule has 3 heterocycles. The Balaban J connectivity index is 1.41. The number of para-hydroxylation sites is 6. The normalized spacial score (nSPS) is 19.6. The van der Waals surface area contributed by atoms with E-state index in [-0.39, 0.29) is 50.6 Å². The van der Waals surface area contributed by atoms with Gasteiger partial charge in [0, 0.05) is 42.7 Å². The molecule has 0 saturated heterocycles. The van der Waals surface area contributed by atoms with Gasteiger partial charge >= 0.3 is 0 Å². The van der Waals surface area contributed by atoms with Gasteiger partial charge in [-0.05, 0) is 90.3 Å². The molecule has 0 unspecified atom stereocenters. The second kappa shape index (κ2) is 9.94. The average Bonchev–Trinajstić information content (AvgIpc) is 3.71. The fourth-order valence-corrected chi connectivity index (χ4v) is 6.91. The Morgan fingerprint density at radius 3 is 2.19 bits per heavy atom. The summed E-state index contributed by atoms with van der Waals surface area (Å²) in [6, 6.07) is 31.6. The highest BCUT2D eigenvalue weighted by Gasteiger charge is 2.35. The average molecular weight is 625 g/mol. The van der Waals surface area contributed by atoms with E-state index in [9.17, 15) is 0 Å². The molecule has 0 spiro atoms. The van der Waals surface area contributed by atoms with Crippen LogP contribution in [0.1, 0.15) is 62.1 Å². The van der Waals surface area contributed by atoms with Crippen LogP contribution in [0.4, 0.5) is 0 Å². The number of hydrogen-bond donors (Lipinski definition) is 0. The van der Waals surface area contributed by atoms with E-state index in [1.807, 2.05) is 46.9 Å². The Morgan fingerprint density at radius 2 is 1.34 bits per heavy atom. The minimum absolute atomic E-state index is 0.0469. The summed E-state index contributed by atoms with van der Waals surface area (Å²) in [5.41, 5.74) is -2.34. The third-order valence-corrected chi connectivity index (χ3v) is 9.08. The van der Waals surface area contributed by atoms with E-state index in [1.54, 1.807) is 22.8 Å². The number of ether oxygens (including phenoxy) is 1. The summed E-state index contributed by atoms with van der Waals surface area (Å²) in [6.45, 7) is -15.6. The summed E-state index contributed by atoms with van der Waals surface area (Å²) in [4.78, 5) is 4.90. The molecule has 4 nitrogen and oxygen atoms in total. The molecule has 0 aliphatic carbocycles. The molecule has 0 fully saturated rings. The summed E-state index contributed by atoms with van der Waals surface area (Å²) >= 11 is 0. The molecule has 0 saturated carbocycles. The molecule has 6 aromatic carbocycles. The molecule has 1 aliphatic rings. The van der Waals surface area contributed by atoms with Gasteiger partial charge in [-0.1, -0.05) is 98.6 Å². The molecular formula is C43H35N3O. The molecule has 0 N–H and O–H groups in total. The molecule has 2 aromatic heterocycles. The molecule has 0 amide bonds. The van der Waals surface area contributed by atoms with E-state index >= 15 is 0 Å². The number of fused-ring (bicyclic) bond motifs is 7. The van der Waals surface area contributed by atoms with Crippen molar-refractivity contribution in [3.63, 3.8) is 0 Å². The Morgan fingerprint density at radius 1 is 0.617 bits per heavy atom. The van der Waals surface area contributed by atoms with Gasteiger partial charge in [-0.15, -0.1) is 0 Å². The number of aryl methyl sites for hydroxylation is 1. The number of hydrogen-bond acceptors (Lipinski definition) is 2. The molecule has 8 aromatic rings. The first-order valence-corrected chi connectivity index (χ1v) is 15.1. The molecule has 4 heteroatoms. The van der Waals surface area contributed by atoms with Crippen molar-refractivity contribution in [2.45, 2.75) is 39.7 Å². The fraction of sp³-hybridized carbons (Fsp3) is 0.140. The second-order valence-corrected chi connectivity index (χ2v) is 11.7. The van der Waals surface area contributed by atoms with Crippen molar-refractivity contribution in [3.05, 3.63) is 149 Å². The van der Waals surface area contributed by atoms with Crippen LogP contribution in [0.15, 0.2) is 121 Å². The van der Waals surface area contributed by atoms with E-state index in [2.05, 4.69) is 0 Å². The minimum Gasteiger partial charge on any atom is -0.456 e. The Bertz CT molecular complexity index is 3100. The summed E-state index contributed by atoms with van der Waals surface area (Å²) in [7, 11) is 0. The van der Waals surface area contributed by atoms with Crippen molar-refractivity contribution in [2.75, 3.05) is 0 Å². The van der Waals surface area contributed by atoms with Gasteiger partial charge in [-0.2, -0.15) is 0 Å². The topological polar surface area (TPSA) is 31.5 Å². The van der Waals surface area contributed by atoms with E-state index in [4.69, 9.17) is 30.3 Å². The quantitative estimate of drug-likeness (QED) is 0.196. The van der Waals surface area contributed by atoms with Crippen molar-refractivity contribution in [3.8, 4) is 39.4 Å². The predicted octanol–water partition coefficient (Wildman–Crippen LogP) is 11.1. The van der Waals surface area contributed by atoms with Gasteiger partial charge in [0.1, 0.15) is 11.5 Å². The highest BCUT2D eigenvalue weighted by Crippen LogP contribution is 2.52. The molecule has 47 heavy (non-hydrogen) atoms. The van der Waals surface area contributed by atoms with Gasteiger partial charge in [0.15, 0.2) is 0 Å². The largest absolute Gasteiger partial charge is 0.456 e. The maximum Gasteiger partial charge on any atom is 0.220 e. The molecular weight excluding hydrogens is 574 g/mol. The van der Waals surface area contributed by atoms with Crippen molar-refractivity contribution < 1.29 is 25.3 Å². The lowest BCUT2D eigenvalue weighted by molar-refractivity contribution is 0.419. The van der Waals surface area contributed by atoms with Crippen molar-refractivity contribution in [1.29, 1.82) is 0 Å². The Labute approximate surface area is 295 Å². The second-order valence-electron chi connectivity index (χ2n) is 11.7. The van der Waals surface area contributed by atoms with Gasteiger partial charge in [-0.25, -0.2) is 4.98 Å². The SMILES string of the molecule is [2H]C([2H])([2H])c1ccc(-c2cccc(-n3c4ccccc4n4c5ccccc5nc34)c2C([2H])([2H])[2H])c(C([2H])([2H])[2H])c1-c1cccc2c1Oc1ccccc1C2(C([2H])([2H])[2H])C([2H])([2H])[2H]. The van der Waals surface area contributed by atoms with Crippen LogP contribution in [0.2, 0.25) is 0 Å². The number of aromatic nitrogens is 3. The maximum atomic E-state index is 9.05. The van der Waals surface area contributed by atoms with E-state index in [1.165, 1.54) is 60.7 Å². The van der Waals surface area contributed by atoms with Crippen LogP contribution in [-0.4, -0.2) is 14.0 Å². The third kappa shape index (κ3) is 3.85. The molecule has 1 aliphatic heterocycles. The van der Waals surface area contributed by atoms with Crippen LogP contribution in [0, 0.1) is 20.6 Å². The Hall–Kier alpha value is -5.61. The molecule has 0 bridgehead atoms. The summed E-state index contributed by atoms with van der Waals surface area (Å²) in [5.74, 6) is -0.0927. The first-order valence-electron chi connectivity index (χ1n) is 22.6. The Kier molecular flexibility index (Phi) is 3.45. The van der Waals surface area contributed by atoms with Crippen LogP contribution in [0.5, 0.6) is 11.5 Å². The highest BCUT2D eigenvalue weighted by molar-refractivity contribution is 5.93. The number of benzene rings is 6. The van der Waals surface area contributed by atoms with Crippen LogP contribution in [-0.2, 0) is 5.41 Å². The smallest absolute Gasteiger partial charge is 0.220 e. The van der Waals surface area contributed by atoms with Gasteiger partial charge in [0.2, 0.25) is 5.78 Å². The zero-order valence-electron chi connectivity index (χ0n) is 39.8. The molecule has 228 valence electrons. The van der Waals surface area contributed by atoms with Crippen molar-refractivity contribution in [1.82, 2.24) is 14.0 Å². The number of nitrogens with zero attached hydrogens (tertiary/aromatic N) is 3. The third-order valence-electron chi connectivity index (χ3n) is 9.08. The van der Waals surface area contributed by atoms with Crippen molar-refractivity contribution >= 4 is 27.8 Å². The zero-order valence-corrected chi connectivity index (χ0v) is 24.8. The molecule has 0 atom stereocenters. The van der Waals surface area contributed by atoms with Crippen LogP contribution < -0.4 is 4.74 Å². The monoisotopic (exact) mass is 624 g/mol. The summed E-state index contributed by atoms with van der Waals surface area (Å²) in [6.07, 6.45) is 0.